The van der Waals surface area contributed by atoms with Crippen LogP contribution in [0.3, 0.4) is 0 Å². The van der Waals surface area contributed by atoms with E-state index in [9.17, 15) is 4.79 Å². The van der Waals surface area contributed by atoms with Crippen molar-refractivity contribution in [1.82, 2.24) is 25.2 Å². The molecular weight excluding hydrogens is 394 g/mol. The number of hydrogen-bond donors (Lipinski definition) is 2. The summed E-state index contributed by atoms with van der Waals surface area (Å²) in [5.41, 5.74) is 3.65. The van der Waals surface area contributed by atoms with Crippen molar-refractivity contribution < 1.29 is 9.53 Å². The molecule has 0 saturated carbocycles. The van der Waals surface area contributed by atoms with Gasteiger partial charge in [-0.25, -0.2) is 9.67 Å². The smallest absolute Gasteiger partial charge is 0.259 e. The molecule has 2 aromatic heterocycles. The number of nitrogens with one attached hydrogen (secondary N) is 2. The van der Waals surface area contributed by atoms with E-state index in [-0.39, 0.29) is 5.91 Å². The van der Waals surface area contributed by atoms with Crippen LogP contribution < -0.4 is 15.4 Å². The van der Waals surface area contributed by atoms with E-state index in [1.54, 1.807) is 29.1 Å². The molecule has 2 N–H and O–H groups in total. The van der Waals surface area contributed by atoms with Crippen LogP contribution in [0.1, 0.15) is 22.8 Å². The van der Waals surface area contributed by atoms with E-state index in [1.807, 2.05) is 50.2 Å². The second-order valence-corrected chi connectivity index (χ2v) is 6.69. The molecule has 0 aliphatic carbocycles. The highest BCUT2D eigenvalue weighted by Crippen LogP contribution is 2.23. The number of nitrogens with zero attached hydrogens (tertiary/aromatic N) is 5. The molecule has 4 rings (SSSR count). The summed E-state index contributed by atoms with van der Waals surface area (Å²) in [6.45, 7) is 4.47. The van der Waals surface area contributed by atoms with Gasteiger partial charge in [0, 0.05) is 17.6 Å². The SMILES string of the molecule is CCOc1ccc(Nc2ncccc2C(=O)Nc2ccc(-n3cnnn3)c(C)c2)cc1. The van der Waals surface area contributed by atoms with Gasteiger partial charge in [0.2, 0.25) is 0 Å². The molecule has 0 spiro atoms. The minimum Gasteiger partial charge on any atom is -0.494 e. The van der Waals surface area contributed by atoms with Gasteiger partial charge < -0.3 is 15.4 Å². The molecule has 0 saturated heterocycles. The quantitative estimate of drug-likeness (QED) is 0.473. The van der Waals surface area contributed by atoms with Gasteiger partial charge in [-0.3, -0.25) is 4.79 Å². The summed E-state index contributed by atoms with van der Waals surface area (Å²) in [6.07, 6.45) is 3.16. The standard InChI is InChI=1S/C22H21N7O2/c1-3-31-18-9-6-16(7-10-18)25-21-19(5-4-12-23-21)22(30)26-17-8-11-20(15(2)13-17)29-14-24-27-28-29/h4-14H,3H2,1-2H3,(H,23,25)(H,26,30). The molecule has 1 amide bonds. The minimum atomic E-state index is -0.267. The number of amides is 1. The van der Waals surface area contributed by atoms with E-state index in [1.165, 1.54) is 6.33 Å². The first-order valence-corrected chi connectivity index (χ1v) is 9.74. The van der Waals surface area contributed by atoms with E-state index in [0.717, 1.165) is 22.7 Å². The fourth-order valence-electron chi connectivity index (χ4n) is 3.09. The number of ether oxygens (including phenoxy) is 1. The summed E-state index contributed by atoms with van der Waals surface area (Å²) < 4.78 is 7.03. The van der Waals surface area contributed by atoms with Crippen molar-refractivity contribution in [3.05, 3.63) is 78.2 Å². The van der Waals surface area contributed by atoms with Crippen molar-refractivity contribution in [2.45, 2.75) is 13.8 Å². The lowest BCUT2D eigenvalue weighted by Crippen LogP contribution is -2.15. The van der Waals surface area contributed by atoms with Crippen LogP contribution in [0.5, 0.6) is 5.75 Å². The van der Waals surface area contributed by atoms with Crippen LogP contribution in [0.2, 0.25) is 0 Å². The molecule has 0 atom stereocenters. The summed E-state index contributed by atoms with van der Waals surface area (Å²) in [6, 6.07) is 16.5. The second kappa shape index (κ2) is 9.04. The molecule has 9 nitrogen and oxygen atoms in total. The van der Waals surface area contributed by atoms with Gasteiger partial charge >= 0.3 is 0 Å². The predicted molar refractivity (Wildman–Crippen MR) is 117 cm³/mol. The Morgan fingerprint density at radius 2 is 1.90 bits per heavy atom. The highest BCUT2D eigenvalue weighted by atomic mass is 16.5. The molecule has 2 heterocycles. The average molecular weight is 415 g/mol. The molecule has 0 aliphatic rings. The molecular formula is C22H21N7O2. The van der Waals surface area contributed by atoms with Crippen LogP contribution in [0.4, 0.5) is 17.2 Å². The maximum absolute atomic E-state index is 12.9. The lowest BCUT2D eigenvalue weighted by atomic mass is 10.1. The van der Waals surface area contributed by atoms with E-state index in [2.05, 4.69) is 31.1 Å². The minimum absolute atomic E-state index is 0.267. The number of aromatic nitrogens is 5. The van der Waals surface area contributed by atoms with Gasteiger partial charge in [0.05, 0.1) is 17.9 Å². The molecule has 9 heteroatoms. The lowest BCUT2D eigenvalue weighted by Gasteiger charge is -2.13. The first kappa shape index (κ1) is 20.0. The second-order valence-electron chi connectivity index (χ2n) is 6.69. The number of carbonyl (C=O) groups is 1. The average Bonchev–Trinajstić information content (AvgIpc) is 3.30. The Bertz CT molecular complexity index is 1170. The number of aryl methyl sites for hydroxylation is 1. The summed E-state index contributed by atoms with van der Waals surface area (Å²) in [4.78, 5) is 17.3. The largest absolute Gasteiger partial charge is 0.494 e. The summed E-state index contributed by atoms with van der Waals surface area (Å²) >= 11 is 0. The van der Waals surface area contributed by atoms with E-state index in [0.29, 0.717) is 23.7 Å². The van der Waals surface area contributed by atoms with Gasteiger partial charge in [0.25, 0.3) is 5.91 Å². The van der Waals surface area contributed by atoms with Crippen LogP contribution in [-0.4, -0.2) is 37.7 Å². The van der Waals surface area contributed by atoms with Gasteiger partial charge in [-0.05, 0) is 84.4 Å². The third-order valence-corrected chi connectivity index (χ3v) is 4.53. The molecule has 0 radical (unpaired) electrons. The highest BCUT2D eigenvalue weighted by molar-refractivity contribution is 6.07. The summed E-state index contributed by atoms with van der Waals surface area (Å²) in [7, 11) is 0. The Kier molecular flexibility index (Phi) is 5.84. The number of rotatable bonds is 7. The van der Waals surface area contributed by atoms with E-state index < -0.39 is 0 Å². The van der Waals surface area contributed by atoms with Crippen LogP contribution in [0.15, 0.2) is 67.1 Å². The Labute approximate surface area is 179 Å². The molecule has 4 aromatic rings. The first-order valence-electron chi connectivity index (χ1n) is 9.74. The molecule has 156 valence electrons. The highest BCUT2D eigenvalue weighted by Gasteiger charge is 2.14. The normalized spacial score (nSPS) is 10.5. The fraction of sp³-hybridized carbons (Fsp3) is 0.136. The van der Waals surface area contributed by atoms with Crippen LogP contribution in [0.25, 0.3) is 5.69 Å². The van der Waals surface area contributed by atoms with Gasteiger partial charge in [-0.15, -0.1) is 5.10 Å². The van der Waals surface area contributed by atoms with Crippen LogP contribution in [-0.2, 0) is 0 Å². The Morgan fingerprint density at radius 1 is 1.10 bits per heavy atom. The van der Waals surface area contributed by atoms with Gasteiger partial charge in [0.15, 0.2) is 0 Å². The number of pyridine rings is 1. The zero-order valence-electron chi connectivity index (χ0n) is 17.1. The topological polar surface area (TPSA) is 107 Å². The van der Waals surface area contributed by atoms with Crippen molar-refractivity contribution >= 4 is 23.1 Å². The number of tetrazole rings is 1. The molecule has 0 aliphatic heterocycles. The Morgan fingerprint density at radius 3 is 2.61 bits per heavy atom. The molecule has 2 aromatic carbocycles. The van der Waals surface area contributed by atoms with Crippen molar-refractivity contribution in [2.24, 2.45) is 0 Å². The fourth-order valence-corrected chi connectivity index (χ4v) is 3.09. The lowest BCUT2D eigenvalue weighted by molar-refractivity contribution is 0.102. The van der Waals surface area contributed by atoms with Gasteiger partial charge in [-0.1, -0.05) is 0 Å². The van der Waals surface area contributed by atoms with E-state index >= 15 is 0 Å². The van der Waals surface area contributed by atoms with Crippen molar-refractivity contribution in [3.63, 3.8) is 0 Å². The van der Waals surface area contributed by atoms with Gasteiger partial charge in [-0.2, -0.15) is 0 Å². The summed E-state index contributed by atoms with van der Waals surface area (Å²) in [5.74, 6) is 0.981. The zero-order valence-corrected chi connectivity index (χ0v) is 17.1. The third kappa shape index (κ3) is 4.67. The van der Waals surface area contributed by atoms with Crippen molar-refractivity contribution in [1.29, 1.82) is 0 Å². The number of hydrogen-bond acceptors (Lipinski definition) is 7. The molecule has 0 fully saturated rings. The molecule has 31 heavy (non-hydrogen) atoms. The monoisotopic (exact) mass is 415 g/mol. The number of anilines is 3. The Balaban J connectivity index is 1.51. The van der Waals surface area contributed by atoms with Crippen LogP contribution >= 0.6 is 0 Å². The van der Waals surface area contributed by atoms with Crippen LogP contribution in [0, 0.1) is 6.92 Å². The van der Waals surface area contributed by atoms with Gasteiger partial charge in [0.1, 0.15) is 17.9 Å². The summed E-state index contributed by atoms with van der Waals surface area (Å²) in [5, 5.41) is 17.3. The van der Waals surface area contributed by atoms with E-state index in [4.69, 9.17) is 4.74 Å². The number of carbonyl (C=O) groups excluding carboxylic acids is 1. The van der Waals surface area contributed by atoms with Crippen molar-refractivity contribution in [2.75, 3.05) is 17.2 Å². The third-order valence-electron chi connectivity index (χ3n) is 4.53. The predicted octanol–water partition coefficient (Wildman–Crippen LogP) is 3.76. The first-order chi connectivity index (χ1) is 15.1. The van der Waals surface area contributed by atoms with Crippen molar-refractivity contribution in [3.8, 4) is 11.4 Å². The zero-order chi connectivity index (χ0) is 21.6. The Hall–Kier alpha value is -4.27. The molecule has 0 unspecified atom stereocenters. The number of benzene rings is 2. The maximum atomic E-state index is 12.9. The molecule has 0 bridgehead atoms. The maximum Gasteiger partial charge on any atom is 0.259 e.